The maximum absolute atomic E-state index is 13.1. The monoisotopic (exact) mass is 479 g/mol. The molecule has 0 spiro atoms. The van der Waals surface area contributed by atoms with Crippen LogP contribution in [0.2, 0.25) is 0 Å². The molecule has 1 aliphatic rings. The first-order valence-electron chi connectivity index (χ1n) is 12.3. The molecule has 0 saturated carbocycles. The third kappa shape index (κ3) is 6.63. The average molecular weight is 480 g/mol. The highest BCUT2D eigenvalue weighted by Gasteiger charge is 2.26. The number of likely N-dealkylation sites (tertiary alicyclic amines) is 1. The highest BCUT2D eigenvalue weighted by atomic mass is 19.1. The van der Waals surface area contributed by atoms with E-state index < -0.39 is 0 Å². The molecule has 2 amide bonds. The molecule has 9 heteroatoms. The smallest absolute Gasteiger partial charge is 0.319 e. The number of halogens is 1. The number of benzene rings is 2. The number of nitrogens with zero attached hydrogens (tertiary/aromatic N) is 5. The second kappa shape index (κ2) is 11.4. The fourth-order valence-corrected chi connectivity index (χ4v) is 4.60. The van der Waals surface area contributed by atoms with Gasteiger partial charge in [0.05, 0.1) is 0 Å². The summed E-state index contributed by atoms with van der Waals surface area (Å²) in [5.41, 5.74) is 3.82. The van der Waals surface area contributed by atoms with E-state index in [1.54, 1.807) is 11.7 Å². The zero-order valence-electron chi connectivity index (χ0n) is 20.7. The summed E-state index contributed by atoms with van der Waals surface area (Å²) in [6.45, 7) is 7.88. The summed E-state index contributed by atoms with van der Waals surface area (Å²) in [5.74, 6) is 1.37. The van der Waals surface area contributed by atoms with Crippen molar-refractivity contribution in [2.24, 2.45) is 18.9 Å². The summed E-state index contributed by atoms with van der Waals surface area (Å²) < 4.78 is 14.8. The van der Waals surface area contributed by atoms with Crippen molar-refractivity contribution in [1.82, 2.24) is 30.4 Å². The first-order chi connectivity index (χ1) is 16.9. The fourth-order valence-electron chi connectivity index (χ4n) is 4.60. The highest BCUT2D eigenvalue weighted by Crippen LogP contribution is 2.24. The molecule has 1 saturated heterocycles. The van der Waals surface area contributed by atoms with E-state index in [0.717, 1.165) is 61.3 Å². The van der Waals surface area contributed by atoms with Crippen LogP contribution < -0.4 is 10.6 Å². The van der Waals surface area contributed by atoms with Crippen molar-refractivity contribution in [1.29, 1.82) is 0 Å². The SMILES string of the molecule is CCc1cc(NC(=O)NC[C@@H]2CN(CCc3ccc(F)cc3)CC[C@H]2C)cc(-c2nnnn2C)c1. The van der Waals surface area contributed by atoms with Crippen LogP contribution in [0.15, 0.2) is 42.5 Å². The Kier molecular flexibility index (Phi) is 8.07. The number of rotatable bonds is 8. The number of urea groups is 1. The van der Waals surface area contributed by atoms with E-state index in [0.29, 0.717) is 24.2 Å². The van der Waals surface area contributed by atoms with Gasteiger partial charge in [0, 0.05) is 37.9 Å². The quantitative estimate of drug-likeness (QED) is 0.512. The Bertz CT molecular complexity index is 1130. The number of aromatic nitrogens is 4. The molecule has 2 aromatic carbocycles. The van der Waals surface area contributed by atoms with E-state index in [2.05, 4.69) is 44.9 Å². The van der Waals surface area contributed by atoms with Gasteiger partial charge in [0.1, 0.15) is 5.82 Å². The minimum absolute atomic E-state index is 0.201. The lowest BCUT2D eigenvalue weighted by Gasteiger charge is -2.37. The molecule has 1 fully saturated rings. The van der Waals surface area contributed by atoms with Crippen LogP contribution in [0.5, 0.6) is 0 Å². The number of amides is 2. The van der Waals surface area contributed by atoms with Crippen molar-refractivity contribution in [3.05, 3.63) is 59.4 Å². The number of nitrogens with one attached hydrogen (secondary N) is 2. The number of anilines is 1. The zero-order chi connectivity index (χ0) is 24.8. The van der Waals surface area contributed by atoms with E-state index in [-0.39, 0.29) is 11.8 Å². The molecule has 0 aliphatic carbocycles. The summed E-state index contributed by atoms with van der Waals surface area (Å²) in [5, 5.41) is 17.8. The van der Waals surface area contributed by atoms with Crippen molar-refractivity contribution in [2.45, 2.75) is 33.1 Å². The van der Waals surface area contributed by atoms with Crippen LogP contribution in [0.3, 0.4) is 0 Å². The van der Waals surface area contributed by atoms with Crippen molar-refractivity contribution in [3.63, 3.8) is 0 Å². The molecule has 4 rings (SSSR count). The van der Waals surface area contributed by atoms with Crippen LogP contribution in [-0.4, -0.2) is 57.3 Å². The third-order valence-corrected chi connectivity index (χ3v) is 6.89. The summed E-state index contributed by atoms with van der Waals surface area (Å²) in [4.78, 5) is 15.2. The Morgan fingerprint density at radius 3 is 2.69 bits per heavy atom. The first kappa shape index (κ1) is 24.8. The van der Waals surface area contributed by atoms with Gasteiger partial charge in [-0.25, -0.2) is 13.9 Å². The van der Waals surface area contributed by atoms with Crippen LogP contribution in [-0.2, 0) is 19.9 Å². The molecule has 3 aromatic rings. The Morgan fingerprint density at radius 1 is 1.17 bits per heavy atom. The minimum atomic E-state index is -0.212. The van der Waals surface area contributed by atoms with Gasteiger partial charge in [0.15, 0.2) is 5.82 Å². The number of tetrazole rings is 1. The molecule has 2 heterocycles. The van der Waals surface area contributed by atoms with E-state index >= 15 is 0 Å². The van der Waals surface area contributed by atoms with Crippen molar-refractivity contribution in [2.75, 3.05) is 31.5 Å². The van der Waals surface area contributed by atoms with Gasteiger partial charge in [0.25, 0.3) is 0 Å². The number of aryl methyl sites for hydroxylation is 2. The maximum atomic E-state index is 13.1. The lowest BCUT2D eigenvalue weighted by Crippen LogP contribution is -2.45. The molecular formula is C26H34FN7O. The minimum Gasteiger partial charge on any atom is -0.338 e. The predicted octanol–water partition coefficient (Wildman–Crippen LogP) is 3.90. The third-order valence-electron chi connectivity index (χ3n) is 6.89. The average Bonchev–Trinajstić information content (AvgIpc) is 3.29. The summed E-state index contributed by atoms with van der Waals surface area (Å²) >= 11 is 0. The van der Waals surface area contributed by atoms with Crippen LogP contribution in [0.25, 0.3) is 11.4 Å². The normalized spacial score (nSPS) is 18.4. The van der Waals surface area contributed by atoms with Crippen LogP contribution in [0.1, 0.15) is 31.4 Å². The van der Waals surface area contributed by atoms with Gasteiger partial charge >= 0.3 is 6.03 Å². The molecule has 8 nitrogen and oxygen atoms in total. The van der Waals surface area contributed by atoms with E-state index in [9.17, 15) is 9.18 Å². The molecule has 0 bridgehead atoms. The number of carbonyl (C=O) groups is 1. The Hall–Kier alpha value is -3.33. The van der Waals surface area contributed by atoms with Gasteiger partial charge in [0.2, 0.25) is 0 Å². The molecule has 0 radical (unpaired) electrons. The Labute approximate surface area is 205 Å². The number of hydrogen-bond acceptors (Lipinski definition) is 5. The molecule has 1 aliphatic heterocycles. The van der Waals surface area contributed by atoms with Crippen molar-refractivity contribution < 1.29 is 9.18 Å². The van der Waals surface area contributed by atoms with Crippen molar-refractivity contribution in [3.8, 4) is 11.4 Å². The molecule has 2 atom stereocenters. The summed E-state index contributed by atoms with van der Waals surface area (Å²) in [6, 6.07) is 12.4. The van der Waals surface area contributed by atoms with Gasteiger partial charge in [-0.1, -0.05) is 26.0 Å². The van der Waals surface area contributed by atoms with E-state index in [1.807, 2.05) is 30.3 Å². The van der Waals surface area contributed by atoms with E-state index in [1.165, 1.54) is 12.1 Å². The van der Waals surface area contributed by atoms with Crippen molar-refractivity contribution >= 4 is 11.7 Å². The Morgan fingerprint density at radius 2 is 1.97 bits per heavy atom. The van der Waals surface area contributed by atoms with Gasteiger partial charge in [-0.2, -0.15) is 0 Å². The highest BCUT2D eigenvalue weighted by molar-refractivity contribution is 5.90. The van der Waals surface area contributed by atoms with Crippen LogP contribution >= 0.6 is 0 Å². The number of piperidine rings is 1. The molecule has 35 heavy (non-hydrogen) atoms. The van der Waals surface area contributed by atoms with Gasteiger partial charge in [-0.05, 0) is 89.5 Å². The van der Waals surface area contributed by atoms with Gasteiger partial charge in [-0.3, -0.25) is 0 Å². The number of hydrogen-bond donors (Lipinski definition) is 2. The lowest BCUT2D eigenvalue weighted by molar-refractivity contribution is 0.129. The molecule has 0 unspecified atom stereocenters. The maximum Gasteiger partial charge on any atom is 0.319 e. The van der Waals surface area contributed by atoms with Crippen LogP contribution in [0.4, 0.5) is 14.9 Å². The predicted molar refractivity (Wildman–Crippen MR) is 134 cm³/mol. The second-order valence-corrected chi connectivity index (χ2v) is 9.44. The largest absolute Gasteiger partial charge is 0.338 e. The summed E-state index contributed by atoms with van der Waals surface area (Å²) in [6.07, 6.45) is 2.83. The fraction of sp³-hybridized carbons (Fsp3) is 0.462. The Balaban J connectivity index is 1.31. The van der Waals surface area contributed by atoms with E-state index in [4.69, 9.17) is 0 Å². The molecule has 186 valence electrons. The molecule has 1 aromatic heterocycles. The topological polar surface area (TPSA) is 88.0 Å². The first-order valence-corrected chi connectivity index (χ1v) is 12.3. The van der Waals surface area contributed by atoms with Crippen LogP contribution in [0, 0.1) is 17.7 Å². The van der Waals surface area contributed by atoms with Gasteiger partial charge in [-0.15, -0.1) is 5.10 Å². The molecular weight excluding hydrogens is 445 g/mol. The van der Waals surface area contributed by atoms with Gasteiger partial charge < -0.3 is 15.5 Å². The molecule has 2 N–H and O–H groups in total. The number of carbonyl (C=O) groups excluding carboxylic acids is 1. The lowest BCUT2D eigenvalue weighted by atomic mass is 9.87. The second-order valence-electron chi connectivity index (χ2n) is 9.44. The standard InChI is InChI=1S/C26H34FN7O/c1-4-19-13-21(25-30-31-32-33(25)3)15-24(14-19)29-26(35)28-16-22-17-34(11-9-18(22)2)12-10-20-5-7-23(27)8-6-20/h5-8,13-15,18,22H,4,9-12,16-17H2,1-3H3,(H2,28,29,35)/t18-,22-/m1/s1. The zero-order valence-corrected chi connectivity index (χ0v) is 20.7. The summed E-state index contributed by atoms with van der Waals surface area (Å²) in [7, 11) is 1.79.